The Morgan fingerprint density at radius 1 is 1.27 bits per heavy atom. The molecule has 0 saturated heterocycles. The summed E-state index contributed by atoms with van der Waals surface area (Å²) in [4.78, 5) is 0. The molecule has 2 rings (SSSR count). The number of hydrogen-bond acceptors (Lipinski definition) is 5. The first-order chi connectivity index (χ1) is 10.7. The molecule has 0 aliphatic heterocycles. The monoisotopic (exact) mass is 361 g/mol. The van der Waals surface area contributed by atoms with Crippen molar-refractivity contribution in [1.29, 1.82) is 0 Å². The maximum atomic E-state index is 6.05. The number of benzene rings is 1. The van der Waals surface area contributed by atoms with Gasteiger partial charge in [0.05, 0.1) is 11.6 Å². The van der Waals surface area contributed by atoms with E-state index in [0.717, 1.165) is 30.5 Å². The van der Waals surface area contributed by atoms with Crippen LogP contribution in [0.1, 0.15) is 6.42 Å². The van der Waals surface area contributed by atoms with Gasteiger partial charge in [0.1, 0.15) is 12.1 Å². The summed E-state index contributed by atoms with van der Waals surface area (Å²) in [6.07, 6.45) is 2.66. The fourth-order valence-electron chi connectivity index (χ4n) is 1.77. The molecule has 0 spiro atoms. The zero-order chi connectivity index (χ0) is 15.8. The highest BCUT2D eigenvalue weighted by atomic mass is 35.5. The van der Waals surface area contributed by atoms with Crippen molar-refractivity contribution in [2.75, 3.05) is 26.1 Å². The van der Waals surface area contributed by atoms with Crippen molar-refractivity contribution in [3.05, 3.63) is 34.6 Å². The van der Waals surface area contributed by atoms with Crippen LogP contribution in [-0.2, 0) is 11.3 Å². The average molecular weight is 362 g/mol. The van der Waals surface area contributed by atoms with E-state index in [1.165, 1.54) is 0 Å². The normalized spacial score (nSPS) is 10.9. The SMILES string of the molecule is COCCCn1cnnc1SCCOc1ccc(Cl)cc1Cl. The highest BCUT2D eigenvalue weighted by Gasteiger charge is 2.06. The molecule has 120 valence electrons. The van der Waals surface area contributed by atoms with Crippen LogP contribution in [0.5, 0.6) is 5.75 Å². The molecule has 0 radical (unpaired) electrons. The van der Waals surface area contributed by atoms with E-state index in [1.54, 1.807) is 43.4 Å². The van der Waals surface area contributed by atoms with Gasteiger partial charge in [0.15, 0.2) is 5.16 Å². The molecular weight excluding hydrogens is 345 g/mol. The molecule has 0 amide bonds. The molecule has 1 aromatic carbocycles. The fraction of sp³-hybridized carbons (Fsp3) is 0.429. The Morgan fingerprint density at radius 2 is 2.14 bits per heavy atom. The summed E-state index contributed by atoms with van der Waals surface area (Å²) < 4.78 is 12.7. The third-order valence-electron chi connectivity index (χ3n) is 2.79. The molecule has 8 heteroatoms. The van der Waals surface area contributed by atoms with Gasteiger partial charge >= 0.3 is 0 Å². The minimum absolute atomic E-state index is 0.514. The minimum atomic E-state index is 0.514. The second kappa shape index (κ2) is 9.25. The van der Waals surface area contributed by atoms with E-state index in [4.69, 9.17) is 32.7 Å². The van der Waals surface area contributed by atoms with E-state index in [9.17, 15) is 0 Å². The molecule has 0 unspecified atom stereocenters. The number of aromatic nitrogens is 3. The molecule has 0 atom stereocenters. The van der Waals surface area contributed by atoms with Crippen LogP contribution in [-0.4, -0.2) is 40.8 Å². The molecule has 0 aliphatic carbocycles. The lowest BCUT2D eigenvalue weighted by molar-refractivity contribution is 0.189. The van der Waals surface area contributed by atoms with Crippen LogP contribution in [0.25, 0.3) is 0 Å². The van der Waals surface area contributed by atoms with Gasteiger partial charge in [0.25, 0.3) is 0 Å². The van der Waals surface area contributed by atoms with E-state index in [0.29, 0.717) is 22.4 Å². The van der Waals surface area contributed by atoms with Crippen LogP contribution >= 0.6 is 35.0 Å². The van der Waals surface area contributed by atoms with Crippen molar-refractivity contribution in [3.8, 4) is 5.75 Å². The molecular formula is C14H17Cl2N3O2S. The molecule has 1 aromatic heterocycles. The van der Waals surface area contributed by atoms with Gasteiger partial charge in [-0.05, 0) is 24.6 Å². The predicted molar refractivity (Wildman–Crippen MR) is 89.2 cm³/mol. The van der Waals surface area contributed by atoms with Crippen molar-refractivity contribution in [2.24, 2.45) is 0 Å². The lowest BCUT2D eigenvalue weighted by Gasteiger charge is -2.08. The van der Waals surface area contributed by atoms with Gasteiger partial charge in [-0.2, -0.15) is 0 Å². The number of aryl methyl sites for hydroxylation is 1. The largest absolute Gasteiger partial charge is 0.491 e. The summed E-state index contributed by atoms with van der Waals surface area (Å²) in [5.74, 6) is 1.38. The van der Waals surface area contributed by atoms with Gasteiger partial charge in [-0.1, -0.05) is 35.0 Å². The van der Waals surface area contributed by atoms with E-state index < -0.39 is 0 Å². The molecule has 0 saturated carbocycles. The second-order valence-corrected chi connectivity index (χ2v) is 6.33. The van der Waals surface area contributed by atoms with Crippen LogP contribution in [0.15, 0.2) is 29.7 Å². The first-order valence-electron chi connectivity index (χ1n) is 6.78. The number of rotatable bonds is 9. The van der Waals surface area contributed by atoms with E-state index >= 15 is 0 Å². The highest BCUT2D eigenvalue weighted by Crippen LogP contribution is 2.27. The Morgan fingerprint density at radius 3 is 2.91 bits per heavy atom. The van der Waals surface area contributed by atoms with Crippen LogP contribution in [0.2, 0.25) is 10.0 Å². The smallest absolute Gasteiger partial charge is 0.191 e. The molecule has 1 heterocycles. The number of halogens is 2. The van der Waals surface area contributed by atoms with Crippen molar-refractivity contribution < 1.29 is 9.47 Å². The standard InChI is InChI=1S/C14H17Cl2N3O2S/c1-20-6-2-5-19-10-17-18-14(19)22-8-7-21-13-4-3-11(15)9-12(13)16/h3-4,9-10H,2,5-8H2,1H3. The van der Waals surface area contributed by atoms with Crippen LogP contribution in [0.3, 0.4) is 0 Å². The Balaban J connectivity index is 1.76. The maximum Gasteiger partial charge on any atom is 0.191 e. The van der Waals surface area contributed by atoms with E-state index in [-0.39, 0.29) is 0 Å². The summed E-state index contributed by atoms with van der Waals surface area (Å²) in [6, 6.07) is 5.18. The van der Waals surface area contributed by atoms with Crippen LogP contribution < -0.4 is 4.74 Å². The summed E-state index contributed by atoms with van der Waals surface area (Å²) >= 11 is 13.5. The number of hydrogen-bond donors (Lipinski definition) is 0. The van der Waals surface area contributed by atoms with Crippen LogP contribution in [0, 0.1) is 0 Å². The fourth-order valence-corrected chi connectivity index (χ4v) is 2.99. The van der Waals surface area contributed by atoms with Gasteiger partial charge in [-0.15, -0.1) is 10.2 Å². The van der Waals surface area contributed by atoms with Gasteiger partial charge < -0.3 is 14.0 Å². The van der Waals surface area contributed by atoms with Gasteiger partial charge in [0.2, 0.25) is 0 Å². The molecule has 0 bridgehead atoms. The topological polar surface area (TPSA) is 49.2 Å². The molecule has 0 aliphatic rings. The first kappa shape index (κ1) is 17.4. The number of nitrogens with zero attached hydrogens (tertiary/aromatic N) is 3. The maximum absolute atomic E-state index is 6.05. The van der Waals surface area contributed by atoms with Crippen LogP contribution in [0.4, 0.5) is 0 Å². The minimum Gasteiger partial charge on any atom is -0.491 e. The van der Waals surface area contributed by atoms with Crippen molar-refractivity contribution >= 4 is 35.0 Å². The summed E-state index contributed by atoms with van der Waals surface area (Å²) in [5, 5.41) is 10.0. The van der Waals surface area contributed by atoms with E-state index in [1.807, 2.05) is 4.57 Å². The molecule has 5 nitrogen and oxygen atoms in total. The molecule has 0 fully saturated rings. The summed E-state index contributed by atoms with van der Waals surface area (Å²) in [7, 11) is 1.70. The first-order valence-corrected chi connectivity index (χ1v) is 8.52. The summed E-state index contributed by atoms with van der Waals surface area (Å²) in [5.41, 5.74) is 0. The number of ether oxygens (including phenoxy) is 2. The average Bonchev–Trinajstić information content (AvgIpc) is 2.93. The van der Waals surface area contributed by atoms with Crippen molar-refractivity contribution in [1.82, 2.24) is 14.8 Å². The predicted octanol–water partition coefficient (Wildman–Crippen LogP) is 3.79. The van der Waals surface area contributed by atoms with Crippen molar-refractivity contribution in [2.45, 2.75) is 18.1 Å². The molecule has 22 heavy (non-hydrogen) atoms. The molecule has 2 aromatic rings. The lowest BCUT2D eigenvalue weighted by Crippen LogP contribution is -2.04. The Hall–Kier alpha value is -0.950. The third kappa shape index (κ3) is 5.35. The lowest BCUT2D eigenvalue weighted by atomic mass is 10.3. The Bertz CT molecular complexity index is 595. The van der Waals surface area contributed by atoms with E-state index in [2.05, 4.69) is 10.2 Å². The van der Waals surface area contributed by atoms with Crippen molar-refractivity contribution in [3.63, 3.8) is 0 Å². The third-order valence-corrected chi connectivity index (χ3v) is 4.27. The number of thioether (sulfide) groups is 1. The van der Waals surface area contributed by atoms with Gasteiger partial charge in [0, 0.05) is 31.0 Å². The van der Waals surface area contributed by atoms with Gasteiger partial charge in [-0.3, -0.25) is 0 Å². The zero-order valence-electron chi connectivity index (χ0n) is 12.2. The Labute approximate surface area is 143 Å². The highest BCUT2D eigenvalue weighted by molar-refractivity contribution is 7.99. The number of methoxy groups -OCH3 is 1. The van der Waals surface area contributed by atoms with Gasteiger partial charge in [-0.25, -0.2) is 0 Å². The Kier molecular flexibility index (Phi) is 7.32. The quantitative estimate of drug-likeness (QED) is 0.502. The zero-order valence-corrected chi connectivity index (χ0v) is 14.5. The summed E-state index contributed by atoms with van der Waals surface area (Å²) in [6.45, 7) is 2.09. The second-order valence-electron chi connectivity index (χ2n) is 4.42. The molecule has 0 N–H and O–H groups in total.